The van der Waals surface area contributed by atoms with Gasteiger partial charge in [-0.3, -0.25) is 14.4 Å². The fraction of sp³-hybridized carbons (Fsp3) is 0.583. The second kappa shape index (κ2) is 10.7. The average Bonchev–Trinajstić information content (AvgIpc) is 3.12. The van der Waals surface area contributed by atoms with Gasteiger partial charge in [-0.25, -0.2) is 4.79 Å². The molecule has 0 bridgehead atoms. The van der Waals surface area contributed by atoms with Crippen LogP contribution < -0.4 is 10.6 Å². The molecule has 2 saturated heterocycles. The van der Waals surface area contributed by atoms with E-state index >= 15 is 0 Å². The number of amides is 4. The number of hydrogen-bond acceptors (Lipinski definition) is 5. The van der Waals surface area contributed by atoms with Crippen LogP contribution >= 0.6 is 0 Å². The molecule has 2 aliphatic heterocycles. The maximum Gasteiger partial charge on any atom is 0.408 e. The first kappa shape index (κ1) is 24.5. The molecular formula is C24H34N4O5. The van der Waals surface area contributed by atoms with Crippen molar-refractivity contribution in [2.45, 2.75) is 58.2 Å². The second-order valence-electron chi connectivity index (χ2n) is 9.68. The lowest BCUT2D eigenvalue weighted by Gasteiger charge is -2.33. The zero-order chi connectivity index (χ0) is 24.0. The molecule has 33 heavy (non-hydrogen) atoms. The minimum Gasteiger partial charge on any atom is -0.444 e. The maximum absolute atomic E-state index is 13.0. The Hall–Kier alpha value is -3.10. The molecule has 1 aromatic carbocycles. The Kier molecular flexibility index (Phi) is 7.94. The number of hydrogen-bond donors (Lipinski definition) is 2. The van der Waals surface area contributed by atoms with Gasteiger partial charge in [0.1, 0.15) is 12.1 Å². The fourth-order valence-corrected chi connectivity index (χ4v) is 4.14. The Bertz CT molecular complexity index is 859. The van der Waals surface area contributed by atoms with Crippen LogP contribution in [0.3, 0.4) is 0 Å². The summed E-state index contributed by atoms with van der Waals surface area (Å²) in [7, 11) is 0. The van der Waals surface area contributed by atoms with Gasteiger partial charge in [0.05, 0.1) is 5.92 Å². The first-order valence-electron chi connectivity index (χ1n) is 11.5. The van der Waals surface area contributed by atoms with Crippen molar-refractivity contribution < 1.29 is 23.9 Å². The summed E-state index contributed by atoms with van der Waals surface area (Å²) in [6, 6.07) is 9.71. The first-order chi connectivity index (χ1) is 15.6. The molecule has 3 rings (SSSR count). The summed E-state index contributed by atoms with van der Waals surface area (Å²) >= 11 is 0. The van der Waals surface area contributed by atoms with Gasteiger partial charge >= 0.3 is 6.09 Å². The van der Waals surface area contributed by atoms with Gasteiger partial charge in [-0.1, -0.05) is 30.3 Å². The van der Waals surface area contributed by atoms with E-state index in [9.17, 15) is 19.2 Å². The number of likely N-dealkylation sites (tertiary alicyclic amines) is 2. The lowest BCUT2D eigenvalue weighted by molar-refractivity contribution is -0.137. The fourth-order valence-electron chi connectivity index (χ4n) is 4.14. The molecule has 2 N–H and O–H groups in total. The SMILES string of the molecule is CC(C)(C)OC(=O)NCC(=O)NC1CCN(C(=O)C2CC(=O)N(Cc3ccccc3)C2)CC1. The number of piperidine rings is 1. The number of ether oxygens (including phenoxy) is 1. The minimum atomic E-state index is -0.634. The van der Waals surface area contributed by atoms with Crippen LogP contribution in [0.15, 0.2) is 30.3 Å². The smallest absolute Gasteiger partial charge is 0.408 e. The van der Waals surface area contributed by atoms with Gasteiger partial charge in [0.15, 0.2) is 0 Å². The summed E-state index contributed by atoms with van der Waals surface area (Å²) in [6.07, 6.45) is 0.889. The Balaban J connectivity index is 1.39. The molecule has 2 fully saturated rings. The van der Waals surface area contributed by atoms with Gasteiger partial charge in [0.2, 0.25) is 17.7 Å². The molecule has 4 amide bonds. The topological polar surface area (TPSA) is 108 Å². The molecule has 1 atom stereocenters. The van der Waals surface area contributed by atoms with Crippen molar-refractivity contribution in [3.63, 3.8) is 0 Å². The predicted octanol–water partition coefficient (Wildman–Crippen LogP) is 1.67. The highest BCUT2D eigenvalue weighted by Gasteiger charge is 2.37. The lowest BCUT2D eigenvalue weighted by Crippen LogP contribution is -2.50. The second-order valence-corrected chi connectivity index (χ2v) is 9.68. The van der Waals surface area contributed by atoms with Crippen molar-refractivity contribution in [3.8, 4) is 0 Å². The van der Waals surface area contributed by atoms with E-state index in [0.717, 1.165) is 5.56 Å². The lowest BCUT2D eigenvalue weighted by atomic mass is 10.0. The third kappa shape index (κ3) is 7.47. The zero-order valence-corrected chi connectivity index (χ0v) is 19.6. The number of rotatable bonds is 6. The van der Waals surface area contributed by atoms with Crippen LogP contribution in [-0.2, 0) is 25.7 Å². The zero-order valence-electron chi connectivity index (χ0n) is 19.6. The molecule has 180 valence electrons. The van der Waals surface area contributed by atoms with Crippen LogP contribution in [0.5, 0.6) is 0 Å². The Labute approximate surface area is 194 Å². The number of carbonyl (C=O) groups excluding carboxylic acids is 4. The van der Waals surface area contributed by atoms with E-state index in [4.69, 9.17) is 4.74 Å². The highest BCUT2D eigenvalue weighted by molar-refractivity contribution is 5.89. The van der Waals surface area contributed by atoms with Crippen LogP contribution in [0.25, 0.3) is 0 Å². The molecule has 0 aliphatic carbocycles. The number of benzene rings is 1. The molecule has 0 saturated carbocycles. The van der Waals surface area contributed by atoms with E-state index in [1.165, 1.54) is 0 Å². The van der Waals surface area contributed by atoms with Gasteiger partial charge in [-0.05, 0) is 39.2 Å². The molecule has 2 heterocycles. The summed E-state index contributed by atoms with van der Waals surface area (Å²) < 4.78 is 5.11. The van der Waals surface area contributed by atoms with E-state index in [1.807, 2.05) is 30.3 Å². The van der Waals surface area contributed by atoms with Gasteiger partial charge in [0, 0.05) is 38.6 Å². The summed E-state index contributed by atoms with van der Waals surface area (Å²) in [4.78, 5) is 52.7. The van der Waals surface area contributed by atoms with Crippen LogP contribution in [0.4, 0.5) is 4.79 Å². The summed E-state index contributed by atoms with van der Waals surface area (Å²) in [5, 5.41) is 5.34. The molecule has 1 unspecified atom stereocenters. The minimum absolute atomic E-state index is 0.00952. The number of alkyl carbamates (subject to hydrolysis) is 1. The third-order valence-electron chi connectivity index (χ3n) is 5.74. The normalized spacial score (nSPS) is 19.4. The first-order valence-corrected chi connectivity index (χ1v) is 11.5. The molecule has 0 radical (unpaired) electrons. The Morgan fingerprint density at radius 1 is 1.09 bits per heavy atom. The largest absolute Gasteiger partial charge is 0.444 e. The van der Waals surface area contributed by atoms with Crippen molar-refractivity contribution in [2.75, 3.05) is 26.2 Å². The highest BCUT2D eigenvalue weighted by atomic mass is 16.6. The predicted molar refractivity (Wildman–Crippen MR) is 122 cm³/mol. The third-order valence-corrected chi connectivity index (χ3v) is 5.74. The number of nitrogens with one attached hydrogen (secondary N) is 2. The van der Waals surface area contributed by atoms with Gasteiger partial charge in [-0.15, -0.1) is 0 Å². The van der Waals surface area contributed by atoms with Gasteiger partial charge < -0.3 is 25.2 Å². The summed E-state index contributed by atoms with van der Waals surface area (Å²) in [5.41, 5.74) is 0.430. The van der Waals surface area contributed by atoms with Gasteiger partial charge in [-0.2, -0.15) is 0 Å². The van der Waals surface area contributed by atoms with E-state index in [2.05, 4.69) is 10.6 Å². The Morgan fingerprint density at radius 2 is 1.76 bits per heavy atom. The van der Waals surface area contributed by atoms with E-state index in [0.29, 0.717) is 39.0 Å². The molecule has 1 aromatic rings. The van der Waals surface area contributed by atoms with Crippen LogP contribution in [-0.4, -0.2) is 71.4 Å². The summed E-state index contributed by atoms with van der Waals surface area (Å²) in [6.45, 7) is 7.14. The number of nitrogens with zero attached hydrogens (tertiary/aromatic N) is 2. The van der Waals surface area contributed by atoms with Crippen molar-refractivity contribution in [1.29, 1.82) is 0 Å². The molecule has 9 heteroatoms. The van der Waals surface area contributed by atoms with E-state index in [1.54, 1.807) is 30.6 Å². The molecule has 2 aliphatic rings. The van der Waals surface area contributed by atoms with Crippen molar-refractivity contribution >= 4 is 23.8 Å². The number of carbonyl (C=O) groups is 4. The Morgan fingerprint density at radius 3 is 2.39 bits per heavy atom. The molecular weight excluding hydrogens is 424 g/mol. The quantitative estimate of drug-likeness (QED) is 0.674. The van der Waals surface area contributed by atoms with Crippen LogP contribution in [0, 0.1) is 5.92 Å². The highest BCUT2D eigenvalue weighted by Crippen LogP contribution is 2.24. The van der Waals surface area contributed by atoms with E-state index in [-0.39, 0.29) is 42.6 Å². The average molecular weight is 459 g/mol. The summed E-state index contributed by atoms with van der Waals surface area (Å²) in [5.74, 6) is -0.582. The standard InChI is InChI=1S/C24H34N4O5/c1-24(2,3)33-23(32)25-14-20(29)26-19-9-11-27(12-10-19)22(31)18-13-21(30)28(16-18)15-17-7-5-4-6-8-17/h4-8,18-19H,9-16H2,1-3H3,(H,25,32)(H,26,29). The van der Waals surface area contributed by atoms with Crippen molar-refractivity contribution in [1.82, 2.24) is 20.4 Å². The van der Waals surface area contributed by atoms with E-state index < -0.39 is 11.7 Å². The van der Waals surface area contributed by atoms with Crippen molar-refractivity contribution in [2.24, 2.45) is 5.92 Å². The van der Waals surface area contributed by atoms with Crippen LogP contribution in [0.1, 0.15) is 45.6 Å². The van der Waals surface area contributed by atoms with Crippen molar-refractivity contribution in [3.05, 3.63) is 35.9 Å². The molecule has 0 spiro atoms. The molecule has 0 aromatic heterocycles. The van der Waals surface area contributed by atoms with Gasteiger partial charge in [0.25, 0.3) is 0 Å². The van der Waals surface area contributed by atoms with Crippen LogP contribution in [0.2, 0.25) is 0 Å². The molecule has 9 nitrogen and oxygen atoms in total. The monoisotopic (exact) mass is 458 g/mol. The maximum atomic E-state index is 13.0.